The summed E-state index contributed by atoms with van der Waals surface area (Å²) in [6.07, 6.45) is 3.34. The van der Waals surface area contributed by atoms with Gasteiger partial charge >= 0.3 is 0 Å². The van der Waals surface area contributed by atoms with Crippen LogP contribution in [-0.4, -0.2) is 23.5 Å². The normalized spacial score (nSPS) is 10.4. The van der Waals surface area contributed by atoms with Gasteiger partial charge in [-0.25, -0.2) is 4.98 Å². The summed E-state index contributed by atoms with van der Waals surface area (Å²) in [5.41, 5.74) is 1.15. The molecule has 0 bridgehead atoms. The van der Waals surface area contributed by atoms with Crippen LogP contribution in [0.25, 0.3) is 0 Å². The molecule has 0 aromatic carbocycles. The zero-order valence-corrected chi connectivity index (χ0v) is 10.0. The fourth-order valence-corrected chi connectivity index (χ4v) is 2.23. The summed E-state index contributed by atoms with van der Waals surface area (Å²) in [6, 6.07) is 0. The van der Waals surface area contributed by atoms with Gasteiger partial charge in [0.1, 0.15) is 0 Å². The Hall–Kier alpha value is -0.220. The topological polar surface area (TPSA) is 24.9 Å². The molecule has 74 valence electrons. The van der Waals surface area contributed by atoms with Crippen molar-refractivity contribution in [3.8, 4) is 0 Å². The Morgan fingerprint density at radius 1 is 1.46 bits per heavy atom. The van der Waals surface area contributed by atoms with Crippen molar-refractivity contribution in [2.75, 3.05) is 23.9 Å². The lowest BCUT2D eigenvalue weighted by Crippen LogP contribution is -2.01. The van der Waals surface area contributed by atoms with Crippen LogP contribution in [0.5, 0.6) is 0 Å². The van der Waals surface area contributed by atoms with Crippen molar-refractivity contribution in [1.82, 2.24) is 4.98 Å². The maximum absolute atomic E-state index is 4.41. The maximum Gasteiger partial charge on any atom is 0.183 e. The van der Waals surface area contributed by atoms with Crippen molar-refractivity contribution < 1.29 is 0 Å². The predicted molar refractivity (Wildman–Crippen MR) is 63.1 cm³/mol. The second kappa shape index (κ2) is 5.50. The van der Waals surface area contributed by atoms with Gasteiger partial charge in [-0.2, -0.15) is 11.8 Å². The van der Waals surface area contributed by atoms with Crippen LogP contribution in [0.3, 0.4) is 0 Å². The zero-order valence-electron chi connectivity index (χ0n) is 8.39. The molecule has 1 rings (SSSR count). The van der Waals surface area contributed by atoms with E-state index in [0.717, 1.165) is 17.4 Å². The number of aryl methyl sites for hydroxylation is 2. The molecule has 0 aliphatic heterocycles. The Kier molecular flexibility index (Phi) is 4.59. The van der Waals surface area contributed by atoms with E-state index in [0.29, 0.717) is 0 Å². The lowest BCUT2D eigenvalue weighted by Gasteiger charge is -1.99. The number of anilines is 1. The van der Waals surface area contributed by atoms with Gasteiger partial charge in [-0.1, -0.05) is 0 Å². The lowest BCUT2D eigenvalue weighted by atomic mass is 10.4. The number of hydrogen-bond donors (Lipinski definition) is 1. The van der Waals surface area contributed by atoms with Gasteiger partial charge < -0.3 is 5.32 Å². The van der Waals surface area contributed by atoms with Crippen LogP contribution in [0.1, 0.15) is 17.0 Å². The SMILES string of the molecule is CSCCCNc1nc(C)c(C)s1. The number of hydrogen-bond acceptors (Lipinski definition) is 4. The Labute approximate surface area is 88.2 Å². The summed E-state index contributed by atoms with van der Waals surface area (Å²) in [7, 11) is 0. The number of aromatic nitrogens is 1. The maximum atomic E-state index is 4.41. The molecule has 0 fully saturated rings. The number of rotatable bonds is 5. The van der Waals surface area contributed by atoms with Gasteiger partial charge in [-0.15, -0.1) is 11.3 Å². The first-order valence-corrected chi connectivity index (χ1v) is 6.62. The second-order valence-corrected chi connectivity index (χ2v) is 5.12. The van der Waals surface area contributed by atoms with Crippen LogP contribution in [0, 0.1) is 13.8 Å². The number of thiazole rings is 1. The molecule has 0 radical (unpaired) electrons. The average molecular weight is 216 g/mol. The van der Waals surface area contributed by atoms with E-state index in [-0.39, 0.29) is 0 Å². The van der Waals surface area contributed by atoms with Crippen molar-refractivity contribution in [3.63, 3.8) is 0 Å². The molecule has 0 amide bonds. The molecule has 1 aromatic rings. The van der Waals surface area contributed by atoms with E-state index in [4.69, 9.17) is 0 Å². The molecule has 2 nitrogen and oxygen atoms in total. The minimum atomic E-state index is 1.03. The predicted octanol–water partition coefficient (Wildman–Crippen LogP) is 2.92. The standard InChI is InChI=1S/C9H16N2S2/c1-7-8(2)13-9(11-7)10-5-4-6-12-3/h4-6H2,1-3H3,(H,10,11). The fraction of sp³-hybridized carbons (Fsp3) is 0.667. The minimum Gasteiger partial charge on any atom is -0.361 e. The summed E-state index contributed by atoms with van der Waals surface area (Å²) in [4.78, 5) is 5.72. The molecule has 0 unspecified atom stereocenters. The summed E-state index contributed by atoms with van der Waals surface area (Å²) in [6.45, 7) is 5.20. The molecule has 0 saturated heterocycles. The van der Waals surface area contributed by atoms with Gasteiger partial charge in [0.05, 0.1) is 5.69 Å². The monoisotopic (exact) mass is 216 g/mol. The van der Waals surface area contributed by atoms with Crippen LogP contribution in [0.2, 0.25) is 0 Å². The first kappa shape index (κ1) is 10.9. The molecule has 0 aliphatic rings. The Bertz CT molecular complexity index is 239. The van der Waals surface area contributed by atoms with E-state index in [1.807, 2.05) is 11.8 Å². The summed E-state index contributed by atoms with van der Waals surface area (Å²) < 4.78 is 0. The summed E-state index contributed by atoms with van der Waals surface area (Å²) in [5.74, 6) is 1.22. The third kappa shape index (κ3) is 3.56. The largest absolute Gasteiger partial charge is 0.361 e. The van der Waals surface area contributed by atoms with Crippen molar-refractivity contribution in [1.29, 1.82) is 0 Å². The molecule has 1 N–H and O–H groups in total. The summed E-state index contributed by atoms with van der Waals surface area (Å²) >= 11 is 3.63. The van der Waals surface area contributed by atoms with E-state index < -0.39 is 0 Å². The van der Waals surface area contributed by atoms with Crippen LogP contribution >= 0.6 is 23.1 Å². The van der Waals surface area contributed by atoms with Crippen LogP contribution in [0.15, 0.2) is 0 Å². The number of nitrogens with zero attached hydrogens (tertiary/aromatic N) is 1. The van der Waals surface area contributed by atoms with Crippen molar-refractivity contribution in [2.24, 2.45) is 0 Å². The van der Waals surface area contributed by atoms with Gasteiger partial charge in [0, 0.05) is 11.4 Å². The van der Waals surface area contributed by atoms with E-state index >= 15 is 0 Å². The number of thioether (sulfide) groups is 1. The minimum absolute atomic E-state index is 1.03. The smallest absolute Gasteiger partial charge is 0.183 e. The molecule has 0 spiro atoms. The Morgan fingerprint density at radius 3 is 2.77 bits per heavy atom. The van der Waals surface area contributed by atoms with Crippen molar-refractivity contribution in [2.45, 2.75) is 20.3 Å². The van der Waals surface area contributed by atoms with Gasteiger partial charge in [-0.3, -0.25) is 0 Å². The highest BCUT2D eigenvalue weighted by Gasteiger charge is 2.01. The van der Waals surface area contributed by atoms with Crippen molar-refractivity contribution >= 4 is 28.2 Å². The van der Waals surface area contributed by atoms with Gasteiger partial charge in [0.25, 0.3) is 0 Å². The van der Waals surface area contributed by atoms with Crippen LogP contribution in [-0.2, 0) is 0 Å². The van der Waals surface area contributed by atoms with Crippen LogP contribution in [0.4, 0.5) is 5.13 Å². The van der Waals surface area contributed by atoms with E-state index in [1.165, 1.54) is 17.1 Å². The molecule has 0 saturated carbocycles. The zero-order chi connectivity index (χ0) is 9.68. The Morgan fingerprint density at radius 2 is 2.23 bits per heavy atom. The molecule has 1 aromatic heterocycles. The average Bonchev–Trinajstić information content (AvgIpc) is 2.41. The third-order valence-corrected chi connectivity index (χ3v) is 3.56. The first-order chi connectivity index (χ1) is 6.24. The Balaban J connectivity index is 2.29. The van der Waals surface area contributed by atoms with E-state index in [1.54, 1.807) is 11.3 Å². The third-order valence-electron chi connectivity index (χ3n) is 1.83. The van der Waals surface area contributed by atoms with Crippen LogP contribution < -0.4 is 5.32 Å². The van der Waals surface area contributed by atoms with Gasteiger partial charge in [0.2, 0.25) is 0 Å². The molecule has 0 aliphatic carbocycles. The highest BCUT2D eigenvalue weighted by Crippen LogP contribution is 2.20. The molecule has 13 heavy (non-hydrogen) atoms. The highest BCUT2D eigenvalue weighted by atomic mass is 32.2. The molecule has 1 heterocycles. The molecular weight excluding hydrogens is 200 g/mol. The molecule has 0 atom stereocenters. The summed E-state index contributed by atoms with van der Waals surface area (Å²) in [5, 5.41) is 4.40. The molecule has 4 heteroatoms. The lowest BCUT2D eigenvalue weighted by molar-refractivity contribution is 0.987. The fourth-order valence-electron chi connectivity index (χ4n) is 0.960. The molecular formula is C9H16N2S2. The highest BCUT2D eigenvalue weighted by molar-refractivity contribution is 7.98. The van der Waals surface area contributed by atoms with Gasteiger partial charge in [0.15, 0.2) is 5.13 Å². The van der Waals surface area contributed by atoms with E-state index in [9.17, 15) is 0 Å². The second-order valence-electron chi connectivity index (χ2n) is 2.93. The van der Waals surface area contributed by atoms with Crippen molar-refractivity contribution in [3.05, 3.63) is 10.6 Å². The quantitative estimate of drug-likeness (QED) is 0.766. The van der Waals surface area contributed by atoms with Gasteiger partial charge in [-0.05, 0) is 32.3 Å². The van der Waals surface area contributed by atoms with E-state index in [2.05, 4.69) is 30.4 Å². The first-order valence-electron chi connectivity index (χ1n) is 4.41. The number of nitrogens with one attached hydrogen (secondary N) is 1.